The molecule has 1 heterocycles. The Balaban J connectivity index is 1.55. The van der Waals surface area contributed by atoms with Gasteiger partial charge in [0, 0.05) is 24.5 Å². The smallest absolute Gasteiger partial charge is 0.257 e. The SMILES string of the molecule is CC(C)[C@H](NC(=O)c1c(F)cccc1F)C(=O)NCc1ccc(OCc2cccnc2)cc1. The predicted molar refractivity (Wildman–Crippen MR) is 119 cm³/mol. The zero-order valence-corrected chi connectivity index (χ0v) is 18.3. The van der Waals surface area contributed by atoms with E-state index in [4.69, 9.17) is 4.74 Å². The molecule has 0 unspecified atom stereocenters. The van der Waals surface area contributed by atoms with Gasteiger partial charge >= 0.3 is 0 Å². The summed E-state index contributed by atoms with van der Waals surface area (Å²) in [4.78, 5) is 29.1. The lowest BCUT2D eigenvalue weighted by Gasteiger charge is -2.22. The number of nitrogens with one attached hydrogen (secondary N) is 2. The molecule has 0 aliphatic heterocycles. The summed E-state index contributed by atoms with van der Waals surface area (Å²) >= 11 is 0. The fraction of sp³-hybridized carbons (Fsp3) is 0.240. The summed E-state index contributed by atoms with van der Waals surface area (Å²) in [5.41, 5.74) is 1.06. The molecule has 0 bridgehead atoms. The van der Waals surface area contributed by atoms with Crippen molar-refractivity contribution in [1.82, 2.24) is 15.6 Å². The zero-order chi connectivity index (χ0) is 23.8. The molecule has 2 aromatic carbocycles. The van der Waals surface area contributed by atoms with Crippen LogP contribution in [0.3, 0.4) is 0 Å². The van der Waals surface area contributed by atoms with Crippen molar-refractivity contribution in [3.8, 4) is 5.75 Å². The second-order valence-electron chi connectivity index (χ2n) is 7.80. The summed E-state index contributed by atoms with van der Waals surface area (Å²) in [6.45, 7) is 4.07. The van der Waals surface area contributed by atoms with E-state index in [1.165, 1.54) is 6.07 Å². The van der Waals surface area contributed by atoms with Crippen LogP contribution in [0, 0.1) is 17.6 Å². The molecule has 2 amide bonds. The van der Waals surface area contributed by atoms with Gasteiger partial charge in [0.1, 0.15) is 35.6 Å². The van der Waals surface area contributed by atoms with E-state index >= 15 is 0 Å². The fourth-order valence-electron chi connectivity index (χ4n) is 3.12. The number of rotatable bonds is 9. The number of hydrogen-bond acceptors (Lipinski definition) is 4. The maximum absolute atomic E-state index is 13.9. The van der Waals surface area contributed by atoms with Crippen molar-refractivity contribution in [3.05, 3.63) is 95.3 Å². The minimum Gasteiger partial charge on any atom is -0.489 e. The first kappa shape index (κ1) is 23.8. The fourth-order valence-corrected chi connectivity index (χ4v) is 3.12. The third-order valence-electron chi connectivity index (χ3n) is 4.94. The van der Waals surface area contributed by atoms with E-state index in [2.05, 4.69) is 15.6 Å². The molecule has 1 atom stereocenters. The third-order valence-corrected chi connectivity index (χ3v) is 4.94. The highest BCUT2D eigenvalue weighted by Crippen LogP contribution is 2.15. The first-order valence-corrected chi connectivity index (χ1v) is 10.5. The number of amides is 2. The lowest BCUT2D eigenvalue weighted by molar-refractivity contribution is -0.124. The Labute approximate surface area is 191 Å². The number of pyridine rings is 1. The molecule has 33 heavy (non-hydrogen) atoms. The van der Waals surface area contributed by atoms with Gasteiger partial charge in [0.15, 0.2) is 0 Å². The predicted octanol–water partition coefficient (Wildman–Crippen LogP) is 4.01. The highest BCUT2D eigenvalue weighted by atomic mass is 19.1. The van der Waals surface area contributed by atoms with E-state index in [-0.39, 0.29) is 12.5 Å². The number of aromatic nitrogens is 1. The van der Waals surface area contributed by atoms with Crippen LogP contribution in [-0.4, -0.2) is 22.8 Å². The molecule has 172 valence electrons. The van der Waals surface area contributed by atoms with E-state index in [1.54, 1.807) is 38.4 Å². The lowest BCUT2D eigenvalue weighted by Crippen LogP contribution is -2.49. The van der Waals surface area contributed by atoms with Crippen molar-refractivity contribution in [1.29, 1.82) is 0 Å². The zero-order valence-electron chi connectivity index (χ0n) is 18.3. The number of nitrogens with zero attached hydrogens (tertiary/aromatic N) is 1. The monoisotopic (exact) mass is 453 g/mol. The molecule has 0 aliphatic carbocycles. The van der Waals surface area contributed by atoms with Crippen molar-refractivity contribution in [2.45, 2.75) is 33.0 Å². The normalized spacial score (nSPS) is 11.7. The van der Waals surface area contributed by atoms with E-state index < -0.39 is 35.1 Å². The van der Waals surface area contributed by atoms with Crippen molar-refractivity contribution in [2.24, 2.45) is 5.92 Å². The van der Waals surface area contributed by atoms with E-state index in [9.17, 15) is 18.4 Å². The second-order valence-corrected chi connectivity index (χ2v) is 7.80. The van der Waals surface area contributed by atoms with Crippen LogP contribution < -0.4 is 15.4 Å². The van der Waals surface area contributed by atoms with E-state index in [0.717, 1.165) is 23.3 Å². The van der Waals surface area contributed by atoms with Crippen LogP contribution in [0.5, 0.6) is 5.75 Å². The highest BCUT2D eigenvalue weighted by molar-refractivity contribution is 5.98. The van der Waals surface area contributed by atoms with Crippen LogP contribution >= 0.6 is 0 Å². The van der Waals surface area contributed by atoms with Crippen LogP contribution in [-0.2, 0) is 17.9 Å². The van der Waals surface area contributed by atoms with Gasteiger partial charge in [-0.25, -0.2) is 8.78 Å². The molecule has 0 aliphatic rings. The minimum absolute atomic E-state index is 0.217. The summed E-state index contributed by atoms with van der Waals surface area (Å²) in [6, 6.07) is 13.2. The average molecular weight is 453 g/mol. The number of carbonyl (C=O) groups excluding carboxylic acids is 2. The summed E-state index contributed by atoms with van der Waals surface area (Å²) in [6.07, 6.45) is 3.43. The van der Waals surface area contributed by atoms with E-state index in [0.29, 0.717) is 12.4 Å². The molecule has 0 spiro atoms. The molecule has 2 N–H and O–H groups in total. The van der Waals surface area contributed by atoms with Crippen molar-refractivity contribution in [2.75, 3.05) is 0 Å². The Kier molecular flexibility index (Phi) is 8.07. The third kappa shape index (κ3) is 6.58. The van der Waals surface area contributed by atoms with Crippen LogP contribution in [0.4, 0.5) is 8.78 Å². The number of carbonyl (C=O) groups is 2. The molecule has 1 aromatic heterocycles. The largest absolute Gasteiger partial charge is 0.489 e. The minimum atomic E-state index is -0.985. The lowest BCUT2D eigenvalue weighted by atomic mass is 10.0. The van der Waals surface area contributed by atoms with Gasteiger partial charge in [-0.05, 0) is 41.8 Å². The quantitative estimate of drug-likeness (QED) is 0.513. The number of hydrogen-bond donors (Lipinski definition) is 2. The Hall–Kier alpha value is -3.81. The van der Waals surface area contributed by atoms with Crippen LogP contribution in [0.2, 0.25) is 0 Å². The Morgan fingerprint density at radius 3 is 2.27 bits per heavy atom. The molecule has 0 saturated carbocycles. The van der Waals surface area contributed by atoms with Crippen LogP contribution in [0.15, 0.2) is 67.0 Å². The van der Waals surface area contributed by atoms with Gasteiger partial charge in [-0.3, -0.25) is 14.6 Å². The van der Waals surface area contributed by atoms with Crippen LogP contribution in [0.1, 0.15) is 35.3 Å². The average Bonchev–Trinajstić information content (AvgIpc) is 2.80. The maximum atomic E-state index is 13.9. The van der Waals surface area contributed by atoms with Gasteiger partial charge in [0.25, 0.3) is 5.91 Å². The van der Waals surface area contributed by atoms with Crippen molar-refractivity contribution < 1.29 is 23.1 Å². The summed E-state index contributed by atoms with van der Waals surface area (Å²) in [5, 5.41) is 5.19. The topological polar surface area (TPSA) is 80.3 Å². The second kappa shape index (κ2) is 11.2. The van der Waals surface area contributed by atoms with Crippen molar-refractivity contribution in [3.63, 3.8) is 0 Å². The molecular formula is C25H25F2N3O3. The Bertz CT molecular complexity index is 1070. The van der Waals surface area contributed by atoms with Crippen LogP contribution in [0.25, 0.3) is 0 Å². The van der Waals surface area contributed by atoms with Gasteiger partial charge in [-0.2, -0.15) is 0 Å². The van der Waals surface area contributed by atoms with Gasteiger partial charge in [-0.1, -0.05) is 38.1 Å². The molecule has 8 heteroatoms. The molecule has 3 rings (SSSR count). The molecule has 0 saturated heterocycles. The molecular weight excluding hydrogens is 428 g/mol. The van der Waals surface area contributed by atoms with Gasteiger partial charge < -0.3 is 15.4 Å². The van der Waals surface area contributed by atoms with Gasteiger partial charge in [0.05, 0.1) is 0 Å². The number of ether oxygens (including phenoxy) is 1. The summed E-state index contributed by atoms with van der Waals surface area (Å²) in [7, 11) is 0. The van der Waals surface area contributed by atoms with Crippen molar-refractivity contribution >= 4 is 11.8 Å². The molecule has 0 radical (unpaired) electrons. The molecule has 0 fully saturated rings. The maximum Gasteiger partial charge on any atom is 0.257 e. The van der Waals surface area contributed by atoms with E-state index in [1.807, 2.05) is 24.3 Å². The summed E-state index contributed by atoms with van der Waals surface area (Å²) < 4.78 is 33.5. The molecule has 3 aromatic rings. The Morgan fingerprint density at radius 2 is 1.67 bits per heavy atom. The first-order chi connectivity index (χ1) is 15.8. The standard InChI is InChI=1S/C25H25F2N3O3/c1-16(2)23(30-24(31)22-20(26)6-3-7-21(22)27)25(32)29-14-17-8-10-19(11-9-17)33-15-18-5-4-12-28-13-18/h3-13,16,23H,14-15H2,1-2H3,(H,29,32)(H,30,31)/t23-/m0/s1. The number of halogens is 2. The summed E-state index contributed by atoms with van der Waals surface area (Å²) in [5.74, 6) is -3.02. The Morgan fingerprint density at radius 1 is 0.970 bits per heavy atom. The molecule has 6 nitrogen and oxygen atoms in total. The highest BCUT2D eigenvalue weighted by Gasteiger charge is 2.27. The number of benzene rings is 2. The first-order valence-electron chi connectivity index (χ1n) is 10.5. The van der Waals surface area contributed by atoms with Gasteiger partial charge in [0.2, 0.25) is 5.91 Å². The van der Waals surface area contributed by atoms with Gasteiger partial charge in [-0.15, -0.1) is 0 Å².